The van der Waals surface area contributed by atoms with E-state index in [9.17, 15) is 0 Å². The number of hydrogen-bond acceptors (Lipinski definition) is 5. The molecular formula is C5H3N7. The molecule has 7 heteroatoms. The van der Waals surface area contributed by atoms with Crippen LogP contribution in [-0.2, 0) is 0 Å². The third kappa shape index (κ3) is 0.529. The molecule has 0 spiro atoms. The van der Waals surface area contributed by atoms with Crippen molar-refractivity contribution in [3.8, 4) is 0 Å². The van der Waals surface area contributed by atoms with E-state index in [4.69, 9.17) is 0 Å². The van der Waals surface area contributed by atoms with Gasteiger partial charge >= 0.3 is 0 Å². The van der Waals surface area contributed by atoms with Crippen LogP contribution in [0.15, 0.2) is 12.5 Å². The van der Waals surface area contributed by atoms with Crippen molar-refractivity contribution in [3.05, 3.63) is 12.5 Å². The maximum atomic E-state index is 4.01. The number of nitrogens with one attached hydrogen (secondary N) is 1. The predicted molar refractivity (Wildman–Crippen MR) is 38.2 cm³/mol. The molecule has 3 aromatic heterocycles. The van der Waals surface area contributed by atoms with Crippen molar-refractivity contribution in [2.75, 3.05) is 0 Å². The van der Waals surface area contributed by atoms with E-state index in [2.05, 4.69) is 30.6 Å². The van der Waals surface area contributed by atoms with Gasteiger partial charge in [0.25, 0.3) is 5.78 Å². The van der Waals surface area contributed by atoms with Crippen LogP contribution in [0.5, 0.6) is 0 Å². The lowest BCUT2D eigenvalue weighted by Gasteiger charge is -1.88. The van der Waals surface area contributed by atoms with Gasteiger partial charge in [-0.25, -0.2) is 9.38 Å². The Kier molecular flexibility index (Phi) is 0.817. The van der Waals surface area contributed by atoms with Crippen LogP contribution in [0.3, 0.4) is 0 Å². The fourth-order valence-electron chi connectivity index (χ4n) is 1.08. The molecule has 3 rings (SSSR count). The summed E-state index contributed by atoms with van der Waals surface area (Å²) in [6.45, 7) is 0. The summed E-state index contributed by atoms with van der Waals surface area (Å²) in [6, 6.07) is 0. The fourth-order valence-corrected chi connectivity index (χ4v) is 1.08. The number of H-pyrrole nitrogens is 1. The van der Waals surface area contributed by atoms with E-state index in [0.717, 1.165) is 0 Å². The normalized spacial score (nSPS) is 11.3. The molecular weight excluding hydrogens is 158 g/mol. The maximum absolute atomic E-state index is 4.01. The number of nitrogens with zero attached hydrogens (tertiary/aromatic N) is 6. The minimum Gasteiger partial charge on any atom is -0.246 e. The van der Waals surface area contributed by atoms with E-state index in [1.807, 2.05) is 0 Å². The van der Waals surface area contributed by atoms with E-state index >= 15 is 0 Å². The van der Waals surface area contributed by atoms with Gasteiger partial charge in [-0.2, -0.15) is 10.3 Å². The summed E-state index contributed by atoms with van der Waals surface area (Å²) in [5, 5.41) is 17.8. The SMILES string of the molecule is c1nc2nncn2c2n[nH]nc12. The second kappa shape index (κ2) is 1.76. The molecule has 0 aliphatic carbocycles. The van der Waals surface area contributed by atoms with Gasteiger partial charge in [0.05, 0.1) is 6.20 Å². The highest BCUT2D eigenvalue weighted by Gasteiger charge is 2.04. The monoisotopic (exact) mass is 161 g/mol. The lowest BCUT2D eigenvalue weighted by Crippen LogP contribution is -1.88. The number of aromatic amines is 1. The van der Waals surface area contributed by atoms with Crippen LogP contribution < -0.4 is 0 Å². The quantitative estimate of drug-likeness (QED) is 0.475. The third-order valence-corrected chi connectivity index (χ3v) is 1.62. The summed E-state index contributed by atoms with van der Waals surface area (Å²) in [4.78, 5) is 4.01. The number of rotatable bonds is 0. The second-order valence-electron chi connectivity index (χ2n) is 2.29. The predicted octanol–water partition coefficient (Wildman–Crippen LogP) is -0.604. The Morgan fingerprint density at radius 1 is 1.33 bits per heavy atom. The summed E-state index contributed by atoms with van der Waals surface area (Å²) < 4.78 is 1.67. The first-order chi connectivity index (χ1) is 5.95. The minimum atomic E-state index is 0.524. The molecule has 0 aliphatic heterocycles. The average Bonchev–Trinajstić information content (AvgIpc) is 2.71. The first-order valence-electron chi connectivity index (χ1n) is 3.30. The summed E-state index contributed by atoms with van der Waals surface area (Å²) in [7, 11) is 0. The zero-order chi connectivity index (χ0) is 7.97. The first-order valence-corrected chi connectivity index (χ1v) is 3.30. The van der Waals surface area contributed by atoms with Crippen LogP contribution >= 0.6 is 0 Å². The van der Waals surface area contributed by atoms with Crippen molar-refractivity contribution in [1.29, 1.82) is 0 Å². The van der Waals surface area contributed by atoms with Crippen LogP contribution in [-0.4, -0.2) is 35.0 Å². The lowest BCUT2D eigenvalue weighted by molar-refractivity contribution is 0.949. The minimum absolute atomic E-state index is 0.524. The summed E-state index contributed by atoms with van der Waals surface area (Å²) in [6.07, 6.45) is 3.15. The molecule has 0 saturated carbocycles. The average molecular weight is 161 g/mol. The smallest absolute Gasteiger partial charge is 0.246 e. The number of hydrogen-bond donors (Lipinski definition) is 1. The fraction of sp³-hybridized carbons (Fsp3) is 0. The van der Waals surface area contributed by atoms with E-state index in [1.165, 1.54) is 0 Å². The van der Waals surface area contributed by atoms with Crippen LogP contribution in [0.4, 0.5) is 0 Å². The van der Waals surface area contributed by atoms with Gasteiger partial charge in [-0.1, -0.05) is 0 Å². The lowest BCUT2D eigenvalue weighted by atomic mass is 10.5. The van der Waals surface area contributed by atoms with Crippen LogP contribution in [0.2, 0.25) is 0 Å². The van der Waals surface area contributed by atoms with E-state index in [-0.39, 0.29) is 0 Å². The van der Waals surface area contributed by atoms with E-state index in [1.54, 1.807) is 16.9 Å². The molecule has 58 valence electrons. The van der Waals surface area contributed by atoms with Gasteiger partial charge in [0, 0.05) is 0 Å². The molecule has 0 fully saturated rings. The highest BCUT2D eigenvalue weighted by atomic mass is 15.4. The topological polar surface area (TPSA) is 84.6 Å². The molecule has 3 heterocycles. The van der Waals surface area contributed by atoms with Gasteiger partial charge in [-0.05, 0) is 0 Å². The van der Waals surface area contributed by atoms with Gasteiger partial charge in [0.15, 0.2) is 5.65 Å². The summed E-state index contributed by atoms with van der Waals surface area (Å²) >= 11 is 0. The molecule has 0 atom stereocenters. The Balaban J connectivity index is 2.71. The zero-order valence-electron chi connectivity index (χ0n) is 5.84. The third-order valence-electron chi connectivity index (χ3n) is 1.62. The van der Waals surface area contributed by atoms with Crippen molar-refractivity contribution < 1.29 is 0 Å². The van der Waals surface area contributed by atoms with Gasteiger partial charge in [0.2, 0.25) is 0 Å². The molecule has 7 nitrogen and oxygen atoms in total. The van der Waals surface area contributed by atoms with Crippen LogP contribution in [0, 0.1) is 0 Å². The number of aromatic nitrogens is 7. The molecule has 0 bridgehead atoms. The number of fused-ring (bicyclic) bond motifs is 3. The molecule has 0 aliphatic rings. The van der Waals surface area contributed by atoms with Crippen molar-refractivity contribution in [1.82, 2.24) is 35.0 Å². The van der Waals surface area contributed by atoms with Crippen molar-refractivity contribution in [2.24, 2.45) is 0 Å². The second-order valence-corrected chi connectivity index (χ2v) is 2.29. The molecule has 0 amide bonds. The van der Waals surface area contributed by atoms with Crippen molar-refractivity contribution in [2.45, 2.75) is 0 Å². The van der Waals surface area contributed by atoms with Crippen LogP contribution in [0.25, 0.3) is 16.9 Å². The van der Waals surface area contributed by atoms with Crippen LogP contribution in [0.1, 0.15) is 0 Å². The van der Waals surface area contributed by atoms with E-state index in [0.29, 0.717) is 16.9 Å². The van der Waals surface area contributed by atoms with Crippen molar-refractivity contribution >= 4 is 16.9 Å². The maximum Gasteiger partial charge on any atom is 0.256 e. The standard InChI is InChI=1S/C5H3N7/c1-3-4(9-11-8-3)12-2-7-10-5(12)6-1/h1-2H,(H,8,9,11). The molecule has 12 heavy (non-hydrogen) atoms. The molecule has 1 N–H and O–H groups in total. The van der Waals surface area contributed by atoms with Gasteiger partial charge in [0.1, 0.15) is 11.8 Å². The van der Waals surface area contributed by atoms with Gasteiger partial charge < -0.3 is 0 Å². The largest absolute Gasteiger partial charge is 0.256 e. The molecule has 0 aromatic carbocycles. The van der Waals surface area contributed by atoms with E-state index < -0.39 is 0 Å². The van der Waals surface area contributed by atoms with Gasteiger partial charge in [-0.15, -0.1) is 15.3 Å². The Morgan fingerprint density at radius 2 is 2.33 bits per heavy atom. The Labute approximate surface area is 65.4 Å². The Morgan fingerprint density at radius 3 is 3.33 bits per heavy atom. The van der Waals surface area contributed by atoms with Gasteiger partial charge in [-0.3, -0.25) is 0 Å². The first kappa shape index (κ1) is 5.58. The molecule has 0 radical (unpaired) electrons. The highest BCUT2D eigenvalue weighted by Crippen LogP contribution is 2.05. The Hall–Kier alpha value is -2.05. The Bertz CT molecular complexity index is 485. The molecule has 3 aromatic rings. The molecule has 0 unspecified atom stereocenters. The van der Waals surface area contributed by atoms with Crippen molar-refractivity contribution in [3.63, 3.8) is 0 Å². The summed E-state index contributed by atoms with van der Waals surface area (Å²) in [5.41, 5.74) is 1.38. The zero-order valence-corrected chi connectivity index (χ0v) is 5.84. The summed E-state index contributed by atoms with van der Waals surface area (Å²) in [5.74, 6) is 0.524. The highest BCUT2D eigenvalue weighted by molar-refractivity contribution is 5.70. The molecule has 0 saturated heterocycles.